The maximum absolute atomic E-state index is 13.5. The van der Waals surface area contributed by atoms with Gasteiger partial charge in [-0.1, -0.05) is 0 Å². The number of ether oxygens (including phenoxy) is 1. The summed E-state index contributed by atoms with van der Waals surface area (Å²) < 4.78 is 22.9. The molecule has 1 heterocycles. The van der Waals surface area contributed by atoms with Crippen LogP contribution in [0.5, 0.6) is 0 Å². The van der Waals surface area contributed by atoms with E-state index in [1.54, 1.807) is 0 Å². The molecular weight excluding hydrogens is 253 g/mol. The number of rotatable bonds is 3. The molecule has 1 aromatic carbocycles. The average Bonchev–Trinajstić information content (AvgIpc) is 2.94. The third-order valence-electron chi connectivity index (χ3n) is 2.38. The number of carbonyl (C=O) groups excluding carboxylic acids is 2. The molecule has 0 saturated carbocycles. The van der Waals surface area contributed by atoms with E-state index in [2.05, 4.69) is 10.1 Å². The van der Waals surface area contributed by atoms with Crippen LogP contribution in [0.2, 0.25) is 0 Å². The van der Waals surface area contributed by atoms with Crippen LogP contribution in [0.4, 0.5) is 10.1 Å². The molecular formula is C13H10FNO4. The maximum Gasteiger partial charge on any atom is 0.337 e. The van der Waals surface area contributed by atoms with E-state index in [-0.39, 0.29) is 17.0 Å². The van der Waals surface area contributed by atoms with Crippen LogP contribution in [0, 0.1) is 5.82 Å². The second-order valence-electron chi connectivity index (χ2n) is 3.62. The van der Waals surface area contributed by atoms with E-state index >= 15 is 0 Å². The highest BCUT2D eigenvalue weighted by Gasteiger charge is 2.14. The number of nitrogens with one attached hydrogen (secondary N) is 1. The van der Waals surface area contributed by atoms with Gasteiger partial charge >= 0.3 is 5.97 Å². The number of amides is 1. The zero-order valence-electron chi connectivity index (χ0n) is 9.98. The van der Waals surface area contributed by atoms with E-state index in [0.29, 0.717) is 0 Å². The molecule has 98 valence electrons. The standard InChI is InChI=1S/C13H10FNO4/c1-18-13(17)8-4-5-9(14)10(7-8)15-12(16)11-3-2-6-19-11/h2-7H,1H3,(H,15,16). The van der Waals surface area contributed by atoms with Gasteiger partial charge < -0.3 is 14.5 Å². The molecule has 0 aliphatic carbocycles. The fourth-order valence-electron chi connectivity index (χ4n) is 1.46. The summed E-state index contributed by atoms with van der Waals surface area (Å²) in [6, 6.07) is 6.52. The van der Waals surface area contributed by atoms with Crippen LogP contribution in [0.3, 0.4) is 0 Å². The van der Waals surface area contributed by atoms with Crippen LogP contribution in [0.15, 0.2) is 41.0 Å². The summed E-state index contributed by atoms with van der Waals surface area (Å²) in [5, 5.41) is 2.32. The van der Waals surface area contributed by atoms with Crippen molar-refractivity contribution in [3.63, 3.8) is 0 Å². The lowest BCUT2D eigenvalue weighted by Gasteiger charge is -2.06. The predicted molar refractivity (Wildman–Crippen MR) is 64.4 cm³/mol. The fourth-order valence-corrected chi connectivity index (χ4v) is 1.46. The van der Waals surface area contributed by atoms with E-state index in [1.807, 2.05) is 0 Å². The molecule has 0 fully saturated rings. The SMILES string of the molecule is COC(=O)c1ccc(F)c(NC(=O)c2ccco2)c1. The molecule has 0 bridgehead atoms. The van der Waals surface area contributed by atoms with Crippen LogP contribution >= 0.6 is 0 Å². The van der Waals surface area contributed by atoms with Gasteiger partial charge in [-0.05, 0) is 30.3 Å². The summed E-state index contributed by atoms with van der Waals surface area (Å²) in [5.41, 5.74) is 0.0166. The summed E-state index contributed by atoms with van der Waals surface area (Å²) >= 11 is 0. The Hall–Kier alpha value is -2.63. The number of furan rings is 1. The summed E-state index contributed by atoms with van der Waals surface area (Å²) in [7, 11) is 1.22. The molecule has 0 aliphatic heterocycles. The summed E-state index contributed by atoms with van der Waals surface area (Å²) in [5.74, 6) is -1.84. The van der Waals surface area contributed by atoms with Gasteiger partial charge in [0.2, 0.25) is 0 Å². The van der Waals surface area contributed by atoms with Gasteiger partial charge in [0.1, 0.15) is 5.82 Å². The van der Waals surface area contributed by atoms with Crippen LogP contribution in [-0.4, -0.2) is 19.0 Å². The normalized spacial score (nSPS) is 10.0. The lowest BCUT2D eigenvalue weighted by molar-refractivity contribution is 0.0600. The number of methoxy groups -OCH3 is 1. The number of carbonyl (C=O) groups is 2. The van der Waals surface area contributed by atoms with Crippen molar-refractivity contribution in [1.82, 2.24) is 0 Å². The number of anilines is 1. The highest BCUT2D eigenvalue weighted by Crippen LogP contribution is 2.18. The monoisotopic (exact) mass is 263 g/mol. The first-order valence-corrected chi connectivity index (χ1v) is 5.34. The Kier molecular flexibility index (Phi) is 3.61. The summed E-state index contributed by atoms with van der Waals surface area (Å²) in [4.78, 5) is 23.0. The van der Waals surface area contributed by atoms with Crippen molar-refractivity contribution in [2.45, 2.75) is 0 Å². The van der Waals surface area contributed by atoms with Crippen molar-refractivity contribution < 1.29 is 23.1 Å². The molecule has 6 heteroatoms. The molecule has 0 saturated heterocycles. The van der Waals surface area contributed by atoms with Crippen molar-refractivity contribution in [3.8, 4) is 0 Å². The quantitative estimate of drug-likeness (QED) is 0.863. The third kappa shape index (κ3) is 2.79. The largest absolute Gasteiger partial charge is 0.465 e. The number of halogens is 1. The molecule has 1 aromatic heterocycles. The van der Waals surface area contributed by atoms with Crippen LogP contribution in [-0.2, 0) is 4.74 Å². The number of esters is 1. The van der Waals surface area contributed by atoms with Gasteiger partial charge in [-0.15, -0.1) is 0 Å². The summed E-state index contributed by atoms with van der Waals surface area (Å²) in [6.45, 7) is 0. The first-order valence-electron chi connectivity index (χ1n) is 5.34. The molecule has 2 aromatic rings. The molecule has 0 spiro atoms. The van der Waals surface area contributed by atoms with E-state index in [0.717, 1.165) is 6.07 Å². The Bertz CT molecular complexity index is 607. The van der Waals surface area contributed by atoms with Crippen LogP contribution < -0.4 is 5.32 Å². The van der Waals surface area contributed by atoms with Crippen LogP contribution in [0.25, 0.3) is 0 Å². The lowest BCUT2D eigenvalue weighted by atomic mass is 10.2. The molecule has 1 amide bonds. The van der Waals surface area contributed by atoms with E-state index in [9.17, 15) is 14.0 Å². The van der Waals surface area contributed by atoms with Gasteiger partial charge in [-0.25, -0.2) is 9.18 Å². The molecule has 1 N–H and O–H groups in total. The highest BCUT2D eigenvalue weighted by atomic mass is 19.1. The number of hydrogen-bond donors (Lipinski definition) is 1. The molecule has 0 atom stereocenters. The average molecular weight is 263 g/mol. The zero-order valence-corrected chi connectivity index (χ0v) is 9.98. The highest BCUT2D eigenvalue weighted by molar-refractivity contribution is 6.03. The van der Waals surface area contributed by atoms with Gasteiger partial charge in [0.05, 0.1) is 24.6 Å². The Morgan fingerprint density at radius 2 is 2.11 bits per heavy atom. The van der Waals surface area contributed by atoms with E-state index < -0.39 is 17.7 Å². The van der Waals surface area contributed by atoms with Gasteiger partial charge in [-0.2, -0.15) is 0 Å². The number of hydrogen-bond acceptors (Lipinski definition) is 4. The van der Waals surface area contributed by atoms with Gasteiger partial charge in [0.15, 0.2) is 5.76 Å². The Labute approximate surface area is 108 Å². The van der Waals surface area contributed by atoms with Crippen LogP contribution in [0.1, 0.15) is 20.9 Å². The minimum absolute atomic E-state index is 0.0443. The second-order valence-corrected chi connectivity index (χ2v) is 3.62. The molecule has 0 aliphatic rings. The fraction of sp³-hybridized carbons (Fsp3) is 0.0769. The van der Waals surface area contributed by atoms with Gasteiger partial charge in [0, 0.05) is 0 Å². The van der Waals surface area contributed by atoms with Crippen molar-refractivity contribution in [1.29, 1.82) is 0 Å². The zero-order chi connectivity index (χ0) is 13.8. The smallest absolute Gasteiger partial charge is 0.337 e. The van der Waals surface area contributed by atoms with Gasteiger partial charge in [0.25, 0.3) is 5.91 Å². The Morgan fingerprint density at radius 3 is 2.74 bits per heavy atom. The van der Waals surface area contributed by atoms with E-state index in [4.69, 9.17) is 4.42 Å². The second kappa shape index (κ2) is 5.34. The Balaban J connectivity index is 2.24. The van der Waals surface area contributed by atoms with Gasteiger partial charge in [-0.3, -0.25) is 4.79 Å². The predicted octanol–water partition coefficient (Wildman–Crippen LogP) is 2.46. The van der Waals surface area contributed by atoms with Crippen molar-refractivity contribution in [2.24, 2.45) is 0 Å². The molecule has 2 rings (SSSR count). The third-order valence-corrected chi connectivity index (χ3v) is 2.38. The topological polar surface area (TPSA) is 68.5 Å². The lowest BCUT2D eigenvalue weighted by Crippen LogP contribution is -2.13. The van der Waals surface area contributed by atoms with Crippen molar-refractivity contribution >= 4 is 17.6 Å². The molecule has 0 radical (unpaired) electrons. The van der Waals surface area contributed by atoms with E-state index in [1.165, 1.54) is 37.6 Å². The Morgan fingerprint density at radius 1 is 1.32 bits per heavy atom. The minimum atomic E-state index is -0.660. The molecule has 19 heavy (non-hydrogen) atoms. The molecule has 5 nitrogen and oxygen atoms in total. The van der Waals surface area contributed by atoms with Crippen molar-refractivity contribution in [3.05, 3.63) is 53.7 Å². The first-order chi connectivity index (χ1) is 9.11. The summed E-state index contributed by atoms with van der Waals surface area (Å²) in [6.07, 6.45) is 1.33. The first kappa shape index (κ1) is 12.8. The number of benzene rings is 1. The molecule has 0 unspecified atom stereocenters. The maximum atomic E-state index is 13.5. The minimum Gasteiger partial charge on any atom is -0.465 e. The van der Waals surface area contributed by atoms with Crippen molar-refractivity contribution in [2.75, 3.05) is 12.4 Å².